The molecule has 0 aliphatic carbocycles. The molecule has 0 saturated carbocycles. The van der Waals surface area contributed by atoms with Crippen molar-refractivity contribution in [1.82, 2.24) is 9.97 Å². The van der Waals surface area contributed by atoms with Gasteiger partial charge in [-0.1, -0.05) is 32.9 Å². The second-order valence-corrected chi connectivity index (χ2v) is 5.14. The van der Waals surface area contributed by atoms with Crippen molar-refractivity contribution in [1.29, 1.82) is 0 Å². The van der Waals surface area contributed by atoms with Crippen LogP contribution in [0.25, 0.3) is 0 Å². The summed E-state index contributed by atoms with van der Waals surface area (Å²) in [6.45, 7) is 6.61. The van der Waals surface area contributed by atoms with E-state index in [4.69, 9.17) is 0 Å². The highest BCUT2D eigenvalue weighted by Crippen LogP contribution is 2.20. The van der Waals surface area contributed by atoms with E-state index in [-0.39, 0.29) is 0 Å². The van der Waals surface area contributed by atoms with Crippen LogP contribution < -0.4 is 0 Å². The Morgan fingerprint density at radius 1 is 1.11 bits per heavy atom. The van der Waals surface area contributed by atoms with Crippen LogP contribution in [-0.4, -0.2) is 9.97 Å². The molecule has 0 N–H and O–H groups in total. The van der Waals surface area contributed by atoms with Crippen LogP contribution >= 0.6 is 0 Å². The fourth-order valence-electron chi connectivity index (χ4n) is 2.06. The number of rotatable bonds is 4. The average Bonchev–Trinajstić information content (AvgIpc) is 2.40. The number of aromatic nitrogens is 2. The van der Waals surface area contributed by atoms with E-state index in [1.54, 1.807) is 0 Å². The monoisotopic (exact) mass is 240 g/mol. The van der Waals surface area contributed by atoms with Crippen molar-refractivity contribution in [3.8, 4) is 0 Å². The molecule has 0 aromatic carbocycles. The molecule has 0 fully saturated rings. The van der Waals surface area contributed by atoms with Crippen molar-refractivity contribution in [3.63, 3.8) is 0 Å². The van der Waals surface area contributed by atoms with E-state index in [1.807, 2.05) is 30.7 Å². The average molecular weight is 240 g/mol. The quantitative estimate of drug-likeness (QED) is 0.808. The fourth-order valence-corrected chi connectivity index (χ4v) is 2.06. The minimum atomic E-state index is 0.426. The number of hydrogen-bond donors (Lipinski definition) is 0. The summed E-state index contributed by atoms with van der Waals surface area (Å²) in [6, 6.07) is 8.35. The van der Waals surface area contributed by atoms with Gasteiger partial charge in [-0.25, -0.2) is 0 Å². The van der Waals surface area contributed by atoms with Gasteiger partial charge in [-0.2, -0.15) is 0 Å². The SMILES string of the molecule is CC(C)c1cncc(CC(C)c2ccccn2)c1. The van der Waals surface area contributed by atoms with Crippen LogP contribution in [0.3, 0.4) is 0 Å². The molecule has 2 nitrogen and oxygen atoms in total. The van der Waals surface area contributed by atoms with Gasteiger partial charge in [0.1, 0.15) is 0 Å². The summed E-state index contributed by atoms with van der Waals surface area (Å²) in [6.07, 6.45) is 6.77. The molecule has 2 aromatic rings. The molecule has 0 aliphatic heterocycles. The molecule has 2 heterocycles. The largest absolute Gasteiger partial charge is 0.264 e. The number of nitrogens with zero attached hydrogens (tertiary/aromatic N) is 2. The molecule has 0 bridgehead atoms. The van der Waals surface area contributed by atoms with Crippen LogP contribution in [-0.2, 0) is 6.42 Å². The minimum absolute atomic E-state index is 0.426. The van der Waals surface area contributed by atoms with Crippen LogP contribution in [0.4, 0.5) is 0 Å². The van der Waals surface area contributed by atoms with Gasteiger partial charge in [0.15, 0.2) is 0 Å². The predicted molar refractivity (Wildman–Crippen MR) is 74.7 cm³/mol. The molecule has 1 unspecified atom stereocenters. The lowest BCUT2D eigenvalue weighted by Crippen LogP contribution is -2.02. The Morgan fingerprint density at radius 3 is 2.61 bits per heavy atom. The molecule has 0 amide bonds. The van der Waals surface area contributed by atoms with Crippen molar-refractivity contribution < 1.29 is 0 Å². The smallest absolute Gasteiger partial charge is 0.0435 e. The van der Waals surface area contributed by atoms with E-state index in [1.165, 1.54) is 11.1 Å². The number of hydrogen-bond acceptors (Lipinski definition) is 2. The molecule has 18 heavy (non-hydrogen) atoms. The summed E-state index contributed by atoms with van der Waals surface area (Å²) >= 11 is 0. The predicted octanol–water partition coefficient (Wildman–Crippen LogP) is 3.95. The Hall–Kier alpha value is -1.70. The van der Waals surface area contributed by atoms with Gasteiger partial charge in [-0.3, -0.25) is 9.97 Å². The summed E-state index contributed by atoms with van der Waals surface area (Å²) < 4.78 is 0. The molecule has 2 rings (SSSR count). The Morgan fingerprint density at radius 2 is 1.94 bits per heavy atom. The molecule has 1 atom stereocenters. The molecule has 94 valence electrons. The number of pyridine rings is 2. The summed E-state index contributed by atoms with van der Waals surface area (Å²) in [5.41, 5.74) is 3.74. The van der Waals surface area contributed by atoms with Crippen LogP contribution in [0, 0.1) is 0 Å². The van der Waals surface area contributed by atoms with Crippen molar-refractivity contribution in [2.75, 3.05) is 0 Å². The topological polar surface area (TPSA) is 25.8 Å². The van der Waals surface area contributed by atoms with E-state index in [2.05, 4.69) is 42.9 Å². The normalized spacial score (nSPS) is 12.7. The van der Waals surface area contributed by atoms with E-state index in [9.17, 15) is 0 Å². The van der Waals surface area contributed by atoms with Gasteiger partial charge < -0.3 is 0 Å². The highest BCUT2D eigenvalue weighted by molar-refractivity contribution is 5.23. The van der Waals surface area contributed by atoms with Crippen LogP contribution in [0.1, 0.15) is 49.4 Å². The van der Waals surface area contributed by atoms with Gasteiger partial charge in [0.25, 0.3) is 0 Å². The standard InChI is InChI=1S/C16H20N2/c1-12(2)15-9-14(10-17-11-15)8-13(3)16-6-4-5-7-18-16/h4-7,9-13H,8H2,1-3H3. The van der Waals surface area contributed by atoms with Crippen molar-refractivity contribution in [2.24, 2.45) is 0 Å². The summed E-state index contributed by atoms with van der Waals surface area (Å²) in [4.78, 5) is 8.74. The van der Waals surface area contributed by atoms with Crippen molar-refractivity contribution >= 4 is 0 Å². The first-order valence-electron chi connectivity index (χ1n) is 6.51. The van der Waals surface area contributed by atoms with E-state index < -0.39 is 0 Å². The maximum Gasteiger partial charge on any atom is 0.0435 e. The first-order valence-corrected chi connectivity index (χ1v) is 6.51. The van der Waals surface area contributed by atoms with Gasteiger partial charge in [-0.05, 0) is 35.6 Å². The second-order valence-electron chi connectivity index (χ2n) is 5.14. The van der Waals surface area contributed by atoms with E-state index in [0.717, 1.165) is 12.1 Å². The molecule has 2 aromatic heterocycles. The second kappa shape index (κ2) is 5.76. The highest BCUT2D eigenvalue weighted by Gasteiger charge is 2.09. The lowest BCUT2D eigenvalue weighted by molar-refractivity contribution is 0.725. The molecule has 2 heteroatoms. The Bertz CT molecular complexity index is 491. The third-order valence-electron chi connectivity index (χ3n) is 3.22. The Kier molecular flexibility index (Phi) is 4.08. The lowest BCUT2D eigenvalue weighted by Gasteiger charge is -2.12. The molecular formula is C16H20N2. The third kappa shape index (κ3) is 3.16. The van der Waals surface area contributed by atoms with Gasteiger partial charge in [0, 0.05) is 30.2 Å². The minimum Gasteiger partial charge on any atom is -0.264 e. The van der Waals surface area contributed by atoms with Gasteiger partial charge in [0.2, 0.25) is 0 Å². The Labute approximate surface area is 109 Å². The van der Waals surface area contributed by atoms with Gasteiger partial charge in [0.05, 0.1) is 0 Å². The van der Waals surface area contributed by atoms with Crippen LogP contribution in [0.15, 0.2) is 42.9 Å². The summed E-state index contributed by atoms with van der Waals surface area (Å²) in [5.74, 6) is 0.956. The third-order valence-corrected chi connectivity index (χ3v) is 3.22. The van der Waals surface area contributed by atoms with Gasteiger partial charge >= 0.3 is 0 Å². The zero-order valence-electron chi connectivity index (χ0n) is 11.3. The fraction of sp³-hybridized carbons (Fsp3) is 0.375. The highest BCUT2D eigenvalue weighted by atomic mass is 14.7. The maximum atomic E-state index is 4.41. The molecule has 0 radical (unpaired) electrons. The molecule has 0 aliphatic rings. The zero-order chi connectivity index (χ0) is 13.0. The Balaban J connectivity index is 2.12. The first-order chi connectivity index (χ1) is 8.66. The lowest BCUT2D eigenvalue weighted by atomic mass is 9.96. The molecular weight excluding hydrogens is 220 g/mol. The molecule has 0 saturated heterocycles. The van der Waals surface area contributed by atoms with E-state index in [0.29, 0.717) is 11.8 Å². The van der Waals surface area contributed by atoms with Gasteiger partial charge in [-0.15, -0.1) is 0 Å². The first kappa shape index (κ1) is 12.7. The van der Waals surface area contributed by atoms with Crippen molar-refractivity contribution in [2.45, 2.75) is 39.0 Å². The van der Waals surface area contributed by atoms with Crippen LogP contribution in [0.5, 0.6) is 0 Å². The van der Waals surface area contributed by atoms with E-state index >= 15 is 0 Å². The maximum absolute atomic E-state index is 4.41. The van der Waals surface area contributed by atoms with Crippen molar-refractivity contribution in [3.05, 3.63) is 59.7 Å². The zero-order valence-corrected chi connectivity index (χ0v) is 11.3. The van der Waals surface area contributed by atoms with Crippen LogP contribution in [0.2, 0.25) is 0 Å². The molecule has 0 spiro atoms. The summed E-state index contributed by atoms with van der Waals surface area (Å²) in [7, 11) is 0. The summed E-state index contributed by atoms with van der Waals surface area (Å²) in [5, 5.41) is 0.